The molecule has 0 unspecified atom stereocenters. The van der Waals surface area contributed by atoms with Gasteiger partial charge in [-0.05, 0) is 31.6 Å². The number of nitrogens with zero attached hydrogens (tertiary/aromatic N) is 1. The van der Waals surface area contributed by atoms with Gasteiger partial charge in [-0.3, -0.25) is 9.59 Å². The lowest BCUT2D eigenvalue weighted by molar-refractivity contribution is 0.0666. The average Bonchev–Trinajstić information content (AvgIpc) is 2.38. The molecular weight excluding hydrogens is 240 g/mol. The van der Waals surface area contributed by atoms with Crippen LogP contribution < -0.4 is 5.43 Å². The van der Waals surface area contributed by atoms with Crippen LogP contribution in [-0.2, 0) is 0 Å². The molecule has 104 valence electrons. The molecule has 1 amide bonds. The van der Waals surface area contributed by atoms with E-state index in [-0.39, 0.29) is 16.9 Å². The monoisotopic (exact) mass is 262 g/mol. The Bertz CT molecular complexity index is 511. The first-order chi connectivity index (χ1) is 8.99. The standard InChI is InChI=1S/C15H22N2O2/c1-10(2)12-4-6-17(7-5-12)15(19)13-9-16-11(3)8-14(13)18/h8-10,12H,4-7H2,1-3H3,(H,16,18). The Hall–Kier alpha value is -1.58. The zero-order valence-electron chi connectivity index (χ0n) is 11.9. The largest absolute Gasteiger partial charge is 0.364 e. The van der Waals surface area contributed by atoms with Gasteiger partial charge in [0.15, 0.2) is 5.43 Å². The van der Waals surface area contributed by atoms with Gasteiger partial charge in [0.25, 0.3) is 5.91 Å². The Balaban J connectivity index is 2.07. The number of pyridine rings is 1. The molecule has 4 heteroatoms. The summed E-state index contributed by atoms with van der Waals surface area (Å²) in [4.78, 5) is 28.9. The number of H-pyrrole nitrogens is 1. The van der Waals surface area contributed by atoms with Gasteiger partial charge in [-0.25, -0.2) is 0 Å². The summed E-state index contributed by atoms with van der Waals surface area (Å²) in [5.74, 6) is 1.23. The SMILES string of the molecule is Cc1cc(=O)c(C(=O)N2CCC(C(C)C)CC2)c[nH]1. The predicted octanol–water partition coefficient (Wildman–Crippen LogP) is 2.19. The minimum Gasteiger partial charge on any atom is -0.364 e. The van der Waals surface area contributed by atoms with Gasteiger partial charge in [0.2, 0.25) is 0 Å². The molecule has 1 fully saturated rings. The van der Waals surface area contributed by atoms with E-state index in [1.807, 2.05) is 6.92 Å². The summed E-state index contributed by atoms with van der Waals surface area (Å²) in [6.07, 6.45) is 3.61. The highest BCUT2D eigenvalue weighted by Crippen LogP contribution is 2.24. The highest BCUT2D eigenvalue weighted by atomic mass is 16.2. The van der Waals surface area contributed by atoms with E-state index < -0.39 is 0 Å². The van der Waals surface area contributed by atoms with Crippen LogP contribution in [0.5, 0.6) is 0 Å². The fourth-order valence-corrected chi connectivity index (χ4v) is 2.68. The van der Waals surface area contributed by atoms with Crippen molar-refractivity contribution >= 4 is 5.91 Å². The lowest BCUT2D eigenvalue weighted by Crippen LogP contribution is -2.41. The van der Waals surface area contributed by atoms with Crippen LogP contribution in [-0.4, -0.2) is 28.9 Å². The molecule has 4 nitrogen and oxygen atoms in total. The summed E-state index contributed by atoms with van der Waals surface area (Å²) in [6.45, 7) is 7.79. The summed E-state index contributed by atoms with van der Waals surface area (Å²) < 4.78 is 0. The Labute approximate surface area is 113 Å². The van der Waals surface area contributed by atoms with Gasteiger partial charge in [0, 0.05) is 31.0 Å². The molecule has 1 aliphatic rings. The number of carbonyl (C=O) groups excluding carboxylic acids is 1. The summed E-state index contributed by atoms with van der Waals surface area (Å²) in [6, 6.07) is 1.48. The number of amides is 1. The maximum atomic E-state index is 12.3. The number of hydrogen-bond acceptors (Lipinski definition) is 2. The highest BCUT2D eigenvalue weighted by molar-refractivity contribution is 5.93. The van der Waals surface area contributed by atoms with Crippen LogP contribution in [0.2, 0.25) is 0 Å². The number of likely N-dealkylation sites (tertiary alicyclic amines) is 1. The quantitative estimate of drug-likeness (QED) is 0.888. The van der Waals surface area contributed by atoms with Crippen LogP contribution in [0.4, 0.5) is 0 Å². The van der Waals surface area contributed by atoms with Gasteiger partial charge < -0.3 is 9.88 Å². The van der Waals surface area contributed by atoms with E-state index in [0.29, 0.717) is 11.8 Å². The topological polar surface area (TPSA) is 53.2 Å². The molecule has 1 aliphatic heterocycles. The summed E-state index contributed by atoms with van der Waals surface area (Å²) in [5, 5.41) is 0. The molecule has 0 spiro atoms. The predicted molar refractivity (Wildman–Crippen MR) is 75.3 cm³/mol. The lowest BCUT2D eigenvalue weighted by atomic mass is 9.86. The van der Waals surface area contributed by atoms with Crippen molar-refractivity contribution in [3.63, 3.8) is 0 Å². The zero-order chi connectivity index (χ0) is 14.0. The summed E-state index contributed by atoms with van der Waals surface area (Å²) in [5.41, 5.74) is 0.848. The third-order valence-corrected chi connectivity index (χ3v) is 4.06. The molecule has 19 heavy (non-hydrogen) atoms. The summed E-state index contributed by atoms with van der Waals surface area (Å²) >= 11 is 0. The first-order valence-electron chi connectivity index (χ1n) is 6.97. The van der Waals surface area contributed by atoms with Crippen molar-refractivity contribution in [1.82, 2.24) is 9.88 Å². The van der Waals surface area contributed by atoms with Crippen LogP contribution in [0.3, 0.4) is 0 Å². The Morgan fingerprint density at radius 3 is 2.53 bits per heavy atom. The Morgan fingerprint density at radius 1 is 1.37 bits per heavy atom. The number of aryl methyl sites for hydroxylation is 1. The van der Waals surface area contributed by atoms with E-state index in [2.05, 4.69) is 18.8 Å². The molecule has 0 aromatic carbocycles. The van der Waals surface area contributed by atoms with Crippen LogP contribution in [0.25, 0.3) is 0 Å². The van der Waals surface area contributed by atoms with Crippen molar-refractivity contribution in [2.45, 2.75) is 33.6 Å². The van der Waals surface area contributed by atoms with Crippen LogP contribution in [0, 0.1) is 18.8 Å². The van der Waals surface area contributed by atoms with Gasteiger partial charge in [0.1, 0.15) is 5.56 Å². The van der Waals surface area contributed by atoms with Crippen molar-refractivity contribution in [2.75, 3.05) is 13.1 Å². The normalized spacial score (nSPS) is 16.9. The lowest BCUT2D eigenvalue weighted by Gasteiger charge is -2.33. The molecule has 0 bridgehead atoms. The molecular formula is C15H22N2O2. The molecule has 0 aliphatic carbocycles. The molecule has 0 atom stereocenters. The molecule has 0 radical (unpaired) electrons. The second-order valence-electron chi connectivity index (χ2n) is 5.77. The Kier molecular flexibility index (Phi) is 4.08. The van der Waals surface area contributed by atoms with Crippen molar-refractivity contribution in [3.8, 4) is 0 Å². The number of hydrogen-bond donors (Lipinski definition) is 1. The molecule has 2 rings (SSSR count). The van der Waals surface area contributed by atoms with Gasteiger partial charge in [-0.1, -0.05) is 13.8 Å². The third-order valence-electron chi connectivity index (χ3n) is 4.06. The number of aromatic nitrogens is 1. The van der Waals surface area contributed by atoms with E-state index in [0.717, 1.165) is 31.6 Å². The molecule has 1 saturated heterocycles. The maximum Gasteiger partial charge on any atom is 0.259 e. The second kappa shape index (κ2) is 5.59. The first kappa shape index (κ1) is 13.8. The minimum absolute atomic E-state index is 0.136. The number of rotatable bonds is 2. The second-order valence-corrected chi connectivity index (χ2v) is 5.77. The minimum atomic E-state index is -0.188. The van der Waals surface area contributed by atoms with Crippen molar-refractivity contribution in [3.05, 3.63) is 33.7 Å². The number of piperidine rings is 1. The Morgan fingerprint density at radius 2 is 2.00 bits per heavy atom. The average molecular weight is 262 g/mol. The fraction of sp³-hybridized carbons (Fsp3) is 0.600. The van der Waals surface area contributed by atoms with E-state index in [1.165, 1.54) is 12.3 Å². The van der Waals surface area contributed by atoms with Crippen molar-refractivity contribution in [2.24, 2.45) is 11.8 Å². The summed E-state index contributed by atoms with van der Waals surface area (Å²) in [7, 11) is 0. The van der Waals surface area contributed by atoms with Crippen molar-refractivity contribution < 1.29 is 4.79 Å². The molecule has 1 aromatic heterocycles. The number of aromatic amines is 1. The molecule has 1 N–H and O–H groups in total. The van der Waals surface area contributed by atoms with Gasteiger partial charge in [0.05, 0.1) is 0 Å². The smallest absolute Gasteiger partial charge is 0.259 e. The molecule has 0 saturated carbocycles. The van der Waals surface area contributed by atoms with E-state index in [1.54, 1.807) is 4.90 Å². The highest BCUT2D eigenvalue weighted by Gasteiger charge is 2.26. The van der Waals surface area contributed by atoms with E-state index in [9.17, 15) is 9.59 Å². The number of nitrogens with one attached hydrogen (secondary N) is 1. The molecule has 2 heterocycles. The fourth-order valence-electron chi connectivity index (χ4n) is 2.68. The van der Waals surface area contributed by atoms with E-state index >= 15 is 0 Å². The molecule has 1 aromatic rings. The van der Waals surface area contributed by atoms with Crippen LogP contribution >= 0.6 is 0 Å². The maximum absolute atomic E-state index is 12.3. The first-order valence-corrected chi connectivity index (χ1v) is 6.97. The van der Waals surface area contributed by atoms with Gasteiger partial charge in [-0.15, -0.1) is 0 Å². The van der Waals surface area contributed by atoms with Crippen LogP contribution in [0.15, 0.2) is 17.1 Å². The number of carbonyl (C=O) groups is 1. The zero-order valence-corrected chi connectivity index (χ0v) is 11.9. The van der Waals surface area contributed by atoms with Gasteiger partial charge >= 0.3 is 0 Å². The third kappa shape index (κ3) is 3.06. The van der Waals surface area contributed by atoms with E-state index in [4.69, 9.17) is 0 Å². The van der Waals surface area contributed by atoms with Crippen LogP contribution in [0.1, 0.15) is 42.7 Å². The van der Waals surface area contributed by atoms with Gasteiger partial charge in [-0.2, -0.15) is 0 Å². The van der Waals surface area contributed by atoms with Crippen molar-refractivity contribution in [1.29, 1.82) is 0 Å².